The molecule has 0 aliphatic rings. The summed E-state index contributed by atoms with van der Waals surface area (Å²) in [6, 6.07) is 3.74. The van der Waals surface area contributed by atoms with Crippen LogP contribution in [0, 0.1) is 19.7 Å². The summed E-state index contributed by atoms with van der Waals surface area (Å²) >= 11 is 0. The average Bonchev–Trinajstić information content (AvgIpc) is 2.78. The van der Waals surface area contributed by atoms with Crippen LogP contribution in [0.5, 0.6) is 5.75 Å². The summed E-state index contributed by atoms with van der Waals surface area (Å²) in [5.74, 6) is -1.95. The maximum Gasteiger partial charge on any atom is 0.341 e. The molecule has 0 radical (unpaired) electrons. The van der Waals surface area contributed by atoms with Gasteiger partial charge in [-0.1, -0.05) is 0 Å². The Kier molecular flexibility index (Phi) is 5.18. The summed E-state index contributed by atoms with van der Waals surface area (Å²) in [5.41, 5.74) is 1.72. The molecule has 2 aromatic rings. The Morgan fingerprint density at radius 3 is 2.58 bits per heavy atom. The molecule has 7 nitrogen and oxygen atoms in total. The maximum atomic E-state index is 13.8. The number of hydrogen-bond acceptors (Lipinski definition) is 5. The molecular weight excluding hydrogens is 317 g/mol. The monoisotopic (exact) mass is 335 g/mol. The number of aromatic nitrogens is 2. The lowest BCUT2D eigenvalue weighted by atomic mass is 10.2. The number of esters is 1. The van der Waals surface area contributed by atoms with E-state index in [0.29, 0.717) is 11.4 Å². The smallest absolute Gasteiger partial charge is 0.341 e. The molecule has 1 amide bonds. The number of nitrogens with zero attached hydrogens (tertiary/aromatic N) is 2. The average molecular weight is 335 g/mol. The molecule has 0 saturated carbocycles. The molecule has 1 aromatic carbocycles. The van der Waals surface area contributed by atoms with Crippen LogP contribution in [0.4, 0.5) is 10.1 Å². The Morgan fingerprint density at radius 2 is 2.04 bits per heavy atom. The van der Waals surface area contributed by atoms with Crippen molar-refractivity contribution < 1.29 is 23.5 Å². The highest BCUT2D eigenvalue weighted by Gasteiger charge is 2.17. The molecule has 1 N–H and O–H groups in total. The number of ether oxygens (including phenoxy) is 2. The first-order valence-electron chi connectivity index (χ1n) is 7.14. The van der Waals surface area contributed by atoms with E-state index in [1.165, 1.54) is 19.2 Å². The second-order valence-electron chi connectivity index (χ2n) is 5.14. The number of carbonyl (C=O) groups is 2. The number of amides is 1. The van der Waals surface area contributed by atoms with E-state index in [1.54, 1.807) is 25.6 Å². The normalized spacial score (nSPS) is 10.4. The minimum Gasteiger partial charge on any atom is -0.497 e. The molecule has 0 bridgehead atoms. The molecule has 0 aliphatic heterocycles. The summed E-state index contributed by atoms with van der Waals surface area (Å²) in [6.07, 6.45) is 0. The van der Waals surface area contributed by atoms with Crippen molar-refractivity contribution in [3.05, 3.63) is 41.0 Å². The van der Waals surface area contributed by atoms with Crippen LogP contribution in [-0.4, -0.2) is 35.4 Å². The lowest BCUT2D eigenvalue weighted by molar-refractivity contribution is -0.119. The van der Waals surface area contributed by atoms with Crippen molar-refractivity contribution in [1.29, 1.82) is 0 Å². The molecule has 1 heterocycles. The molecule has 0 spiro atoms. The molecule has 128 valence electrons. The van der Waals surface area contributed by atoms with Crippen LogP contribution in [0.25, 0.3) is 0 Å². The van der Waals surface area contributed by atoms with Crippen molar-refractivity contribution in [3.63, 3.8) is 0 Å². The van der Waals surface area contributed by atoms with Crippen LogP contribution in [-0.2, 0) is 16.6 Å². The third-order valence-corrected chi connectivity index (χ3v) is 3.50. The molecule has 0 atom stereocenters. The number of methoxy groups -OCH3 is 1. The van der Waals surface area contributed by atoms with E-state index < -0.39 is 24.3 Å². The second-order valence-corrected chi connectivity index (χ2v) is 5.14. The third kappa shape index (κ3) is 3.70. The number of carbonyl (C=O) groups excluding carboxylic acids is 2. The summed E-state index contributed by atoms with van der Waals surface area (Å²) < 4.78 is 25.1. The van der Waals surface area contributed by atoms with Gasteiger partial charge in [-0.2, -0.15) is 5.10 Å². The Labute approximate surface area is 138 Å². The van der Waals surface area contributed by atoms with Crippen molar-refractivity contribution in [1.82, 2.24) is 9.78 Å². The number of benzene rings is 1. The van der Waals surface area contributed by atoms with Crippen molar-refractivity contribution in [2.45, 2.75) is 13.8 Å². The molecule has 24 heavy (non-hydrogen) atoms. The zero-order valence-electron chi connectivity index (χ0n) is 13.8. The summed E-state index contributed by atoms with van der Waals surface area (Å²) in [5, 5.41) is 6.79. The van der Waals surface area contributed by atoms with Gasteiger partial charge in [0, 0.05) is 13.1 Å². The minimum absolute atomic E-state index is 0.266. The van der Waals surface area contributed by atoms with Gasteiger partial charge in [0.25, 0.3) is 5.91 Å². The number of anilines is 1. The Balaban J connectivity index is 1.97. The molecule has 1 aromatic heterocycles. The van der Waals surface area contributed by atoms with E-state index in [-0.39, 0.29) is 11.3 Å². The van der Waals surface area contributed by atoms with Crippen LogP contribution in [0.2, 0.25) is 0 Å². The lowest BCUT2D eigenvalue weighted by Gasteiger charge is -2.08. The van der Waals surface area contributed by atoms with Gasteiger partial charge in [0.05, 0.1) is 29.7 Å². The topological polar surface area (TPSA) is 82.4 Å². The first-order chi connectivity index (χ1) is 11.3. The van der Waals surface area contributed by atoms with Crippen molar-refractivity contribution >= 4 is 17.6 Å². The SMILES string of the molecule is COc1ccc(C(=O)OCC(=O)Nc2c(C)nn(C)c2C)c(F)c1. The van der Waals surface area contributed by atoms with Crippen LogP contribution in [0.1, 0.15) is 21.7 Å². The number of nitrogens with one attached hydrogen (secondary N) is 1. The Morgan fingerprint density at radius 1 is 1.33 bits per heavy atom. The van der Waals surface area contributed by atoms with E-state index in [1.807, 2.05) is 0 Å². The van der Waals surface area contributed by atoms with Gasteiger partial charge in [0.1, 0.15) is 11.6 Å². The molecule has 0 aliphatic carbocycles. The van der Waals surface area contributed by atoms with Crippen LogP contribution < -0.4 is 10.1 Å². The van der Waals surface area contributed by atoms with Gasteiger partial charge in [-0.15, -0.1) is 0 Å². The van der Waals surface area contributed by atoms with E-state index in [2.05, 4.69) is 10.4 Å². The molecule has 0 fully saturated rings. The largest absolute Gasteiger partial charge is 0.497 e. The number of rotatable bonds is 5. The number of hydrogen-bond donors (Lipinski definition) is 1. The van der Waals surface area contributed by atoms with Gasteiger partial charge >= 0.3 is 5.97 Å². The zero-order valence-corrected chi connectivity index (χ0v) is 13.8. The number of halogens is 1. The van der Waals surface area contributed by atoms with Crippen LogP contribution in [0.3, 0.4) is 0 Å². The van der Waals surface area contributed by atoms with Crippen LogP contribution in [0.15, 0.2) is 18.2 Å². The summed E-state index contributed by atoms with van der Waals surface area (Å²) in [4.78, 5) is 23.8. The Hall–Kier alpha value is -2.90. The maximum absolute atomic E-state index is 13.8. The first kappa shape index (κ1) is 17.5. The minimum atomic E-state index is -0.926. The predicted octanol–water partition coefficient (Wildman–Crippen LogP) is 1.98. The zero-order chi connectivity index (χ0) is 17.9. The molecule has 0 unspecified atom stereocenters. The number of aryl methyl sites for hydroxylation is 2. The fraction of sp³-hybridized carbons (Fsp3) is 0.312. The van der Waals surface area contributed by atoms with Gasteiger partial charge in [0.2, 0.25) is 0 Å². The summed E-state index contributed by atoms with van der Waals surface area (Å²) in [7, 11) is 3.14. The van der Waals surface area contributed by atoms with Gasteiger partial charge in [-0.05, 0) is 26.0 Å². The molecule has 8 heteroatoms. The molecular formula is C16H18FN3O4. The second kappa shape index (κ2) is 7.12. The van der Waals surface area contributed by atoms with E-state index >= 15 is 0 Å². The highest BCUT2D eigenvalue weighted by atomic mass is 19.1. The van der Waals surface area contributed by atoms with Gasteiger partial charge in [-0.3, -0.25) is 9.48 Å². The van der Waals surface area contributed by atoms with Crippen molar-refractivity contribution in [2.75, 3.05) is 19.0 Å². The van der Waals surface area contributed by atoms with Gasteiger partial charge in [-0.25, -0.2) is 9.18 Å². The highest BCUT2D eigenvalue weighted by Crippen LogP contribution is 2.19. The fourth-order valence-electron chi connectivity index (χ4n) is 2.13. The van der Waals surface area contributed by atoms with Crippen molar-refractivity contribution in [3.8, 4) is 5.75 Å². The summed E-state index contributed by atoms with van der Waals surface area (Å²) in [6.45, 7) is 3.02. The quantitative estimate of drug-likeness (QED) is 0.845. The van der Waals surface area contributed by atoms with E-state index in [0.717, 1.165) is 11.8 Å². The molecule has 0 saturated heterocycles. The van der Waals surface area contributed by atoms with E-state index in [4.69, 9.17) is 9.47 Å². The lowest BCUT2D eigenvalue weighted by Crippen LogP contribution is -2.22. The van der Waals surface area contributed by atoms with E-state index in [9.17, 15) is 14.0 Å². The van der Waals surface area contributed by atoms with Crippen LogP contribution >= 0.6 is 0 Å². The standard InChI is InChI=1S/C16H18FN3O4/c1-9-15(10(2)20(3)19-9)18-14(21)8-24-16(22)12-6-5-11(23-4)7-13(12)17/h5-7H,8H2,1-4H3,(H,18,21). The van der Waals surface area contributed by atoms with Crippen molar-refractivity contribution in [2.24, 2.45) is 7.05 Å². The van der Waals surface area contributed by atoms with Gasteiger partial charge < -0.3 is 14.8 Å². The fourth-order valence-corrected chi connectivity index (χ4v) is 2.13. The molecule has 2 rings (SSSR count). The predicted molar refractivity (Wildman–Crippen MR) is 84.5 cm³/mol. The first-order valence-corrected chi connectivity index (χ1v) is 7.14. The highest BCUT2D eigenvalue weighted by molar-refractivity contribution is 5.96. The van der Waals surface area contributed by atoms with Gasteiger partial charge in [0.15, 0.2) is 6.61 Å². The Bertz CT molecular complexity index is 786. The third-order valence-electron chi connectivity index (χ3n) is 3.50.